The van der Waals surface area contributed by atoms with Gasteiger partial charge in [-0.3, -0.25) is 4.79 Å². The van der Waals surface area contributed by atoms with Crippen molar-refractivity contribution in [2.75, 3.05) is 6.54 Å². The molecule has 3 N–H and O–H groups in total. The van der Waals surface area contributed by atoms with Crippen LogP contribution in [0.4, 0.5) is 0 Å². The van der Waals surface area contributed by atoms with Crippen LogP contribution < -0.4 is 11.1 Å². The van der Waals surface area contributed by atoms with Crippen molar-refractivity contribution in [2.24, 2.45) is 11.1 Å². The van der Waals surface area contributed by atoms with E-state index in [1.165, 1.54) is 0 Å². The number of rotatable bonds is 7. The number of hydrogen-bond acceptors (Lipinski definition) is 2. The Hall–Kier alpha value is -0.570. The Labute approximate surface area is 92.8 Å². The first-order valence-electron chi connectivity index (χ1n) is 6.19. The molecule has 0 aromatic carbocycles. The summed E-state index contributed by atoms with van der Waals surface area (Å²) < 4.78 is 0. The second kappa shape index (κ2) is 5.50. The van der Waals surface area contributed by atoms with Crippen molar-refractivity contribution in [3.63, 3.8) is 0 Å². The van der Waals surface area contributed by atoms with Gasteiger partial charge in [-0.05, 0) is 25.7 Å². The van der Waals surface area contributed by atoms with Crippen LogP contribution in [0.3, 0.4) is 0 Å². The van der Waals surface area contributed by atoms with E-state index in [-0.39, 0.29) is 11.3 Å². The zero-order chi connectivity index (χ0) is 11.3. The molecule has 3 heteroatoms. The third-order valence-corrected chi connectivity index (χ3v) is 3.24. The summed E-state index contributed by atoms with van der Waals surface area (Å²) in [6.45, 7) is 4.71. The summed E-state index contributed by atoms with van der Waals surface area (Å²) in [4.78, 5) is 12.1. The van der Waals surface area contributed by atoms with Crippen molar-refractivity contribution in [2.45, 2.75) is 58.4 Å². The summed E-state index contributed by atoms with van der Waals surface area (Å²) in [7, 11) is 0. The van der Waals surface area contributed by atoms with Crippen molar-refractivity contribution in [3.05, 3.63) is 0 Å². The molecule has 0 heterocycles. The highest BCUT2D eigenvalue weighted by Gasteiger charge is 2.37. The predicted molar refractivity (Wildman–Crippen MR) is 62.5 cm³/mol. The molecule has 88 valence electrons. The first-order chi connectivity index (χ1) is 7.18. The largest absolute Gasteiger partial charge is 0.353 e. The van der Waals surface area contributed by atoms with Crippen molar-refractivity contribution in [1.29, 1.82) is 0 Å². The van der Waals surface area contributed by atoms with Crippen LogP contribution in [0.2, 0.25) is 0 Å². The number of carbonyl (C=O) groups excluding carboxylic acids is 1. The highest BCUT2D eigenvalue weighted by atomic mass is 16.2. The van der Waals surface area contributed by atoms with Crippen LogP contribution in [-0.4, -0.2) is 18.5 Å². The minimum atomic E-state index is -0.300. The smallest absolute Gasteiger partial charge is 0.227 e. The van der Waals surface area contributed by atoms with Gasteiger partial charge in [0.25, 0.3) is 0 Å². The SMILES string of the molecule is CCCC(CN)(CCC)C(=O)NC1CC1. The van der Waals surface area contributed by atoms with Crippen LogP contribution in [-0.2, 0) is 4.79 Å². The van der Waals surface area contributed by atoms with Gasteiger partial charge in [0, 0.05) is 12.6 Å². The maximum atomic E-state index is 12.1. The Morgan fingerprint density at radius 1 is 1.33 bits per heavy atom. The van der Waals surface area contributed by atoms with Crippen LogP contribution in [0.25, 0.3) is 0 Å². The third kappa shape index (κ3) is 3.20. The van der Waals surface area contributed by atoms with Gasteiger partial charge in [-0.15, -0.1) is 0 Å². The molecule has 1 saturated carbocycles. The van der Waals surface area contributed by atoms with E-state index in [2.05, 4.69) is 19.2 Å². The summed E-state index contributed by atoms with van der Waals surface area (Å²) in [5, 5.41) is 3.10. The number of amides is 1. The van der Waals surface area contributed by atoms with Crippen LogP contribution >= 0.6 is 0 Å². The van der Waals surface area contributed by atoms with Gasteiger partial charge >= 0.3 is 0 Å². The van der Waals surface area contributed by atoms with Gasteiger partial charge in [0.05, 0.1) is 5.41 Å². The fourth-order valence-corrected chi connectivity index (χ4v) is 2.17. The van der Waals surface area contributed by atoms with Crippen molar-refractivity contribution >= 4 is 5.91 Å². The fraction of sp³-hybridized carbons (Fsp3) is 0.917. The lowest BCUT2D eigenvalue weighted by atomic mass is 9.78. The van der Waals surface area contributed by atoms with Crippen LogP contribution in [0.15, 0.2) is 0 Å². The second-order valence-electron chi connectivity index (χ2n) is 4.73. The predicted octanol–water partition coefficient (Wildman–Crippen LogP) is 1.81. The van der Waals surface area contributed by atoms with E-state index in [0.717, 1.165) is 38.5 Å². The Balaban J connectivity index is 2.61. The van der Waals surface area contributed by atoms with E-state index < -0.39 is 0 Å². The monoisotopic (exact) mass is 212 g/mol. The van der Waals surface area contributed by atoms with Crippen LogP contribution in [0.5, 0.6) is 0 Å². The van der Waals surface area contributed by atoms with Crippen LogP contribution in [0, 0.1) is 5.41 Å². The van der Waals surface area contributed by atoms with Gasteiger partial charge in [-0.2, -0.15) is 0 Å². The molecule has 0 spiro atoms. The molecule has 0 aromatic heterocycles. The highest BCUT2D eigenvalue weighted by molar-refractivity contribution is 5.83. The normalized spacial score (nSPS) is 16.5. The lowest BCUT2D eigenvalue weighted by Gasteiger charge is -2.30. The molecule has 0 radical (unpaired) electrons. The lowest BCUT2D eigenvalue weighted by molar-refractivity contribution is -0.131. The van der Waals surface area contributed by atoms with Crippen LogP contribution in [0.1, 0.15) is 52.4 Å². The van der Waals surface area contributed by atoms with Gasteiger partial charge in [0.15, 0.2) is 0 Å². The highest BCUT2D eigenvalue weighted by Crippen LogP contribution is 2.31. The summed E-state index contributed by atoms with van der Waals surface area (Å²) >= 11 is 0. The number of carbonyl (C=O) groups is 1. The summed E-state index contributed by atoms with van der Waals surface area (Å²) in [5.74, 6) is 0.191. The van der Waals surface area contributed by atoms with Crippen molar-refractivity contribution < 1.29 is 4.79 Å². The van der Waals surface area contributed by atoms with E-state index >= 15 is 0 Å². The zero-order valence-corrected chi connectivity index (χ0v) is 10.0. The molecule has 3 nitrogen and oxygen atoms in total. The molecule has 1 amide bonds. The molecule has 1 aliphatic carbocycles. The Morgan fingerprint density at radius 3 is 2.20 bits per heavy atom. The minimum Gasteiger partial charge on any atom is -0.353 e. The number of nitrogens with two attached hydrogens (primary N) is 1. The number of nitrogens with one attached hydrogen (secondary N) is 1. The molecule has 0 unspecified atom stereocenters. The molecule has 0 aliphatic heterocycles. The molecule has 0 bridgehead atoms. The molecule has 15 heavy (non-hydrogen) atoms. The average Bonchev–Trinajstić information content (AvgIpc) is 3.01. The summed E-state index contributed by atoms with van der Waals surface area (Å²) in [6, 6.07) is 0.442. The van der Waals surface area contributed by atoms with E-state index in [9.17, 15) is 4.79 Å². The third-order valence-electron chi connectivity index (χ3n) is 3.24. The molecule has 1 aliphatic rings. The van der Waals surface area contributed by atoms with Crippen molar-refractivity contribution in [3.8, 4) is 0 Å². The van der Waals surface area contributed by atoms with Gasteiger partial charge in [0.1, 0.15) is 0 Å². The van der Waals surface area contributed by atoms with Gasteiger partial charge in [0.2, 0.25) is 5.91 Å². The van der Waals surface area contributed by atoms with Gasteiger partial charge in [-0.25, -0.2) is 0 Å². The summed E-state index contributed by atoms with van der Waals surface area (Å²) in [6.07, 6.45) is 6.16. The Bertz CT molecular complexity index is 206. The van der Waals surface area contributed by atoms with Gasteiger partial charge < -0.3 is 11.1 Å². The van der Waals surface area contributed by atoms with E-state index in [0.29, 0.717) is 12.6 Å². The average molecular weight is 212 g/mol. The zero-order valence-electron chi connectivity index (χ0n) is 10.0. The maximum absolute atomic E-state index is 12.1. The quantitative estimate of drug-likeness (QED) is 0.676. The second-order valence-corrected chi connectivity index (χ2v) is 4.73. The first kappa shape index (κ1) is 12.5. The first-order valence-corrected chi connectivity index (χ1v) is 6.19. The molecule has 0 aromatic rings. The minimum absolute atomic E-state index is 0.191. The summed E-state index contributed by atoms with van der Waals surface area (Å²) in [5.41, 5.74) is 5.52. The van der Waals surface area contributed by atoms with E-state index in [4.69, 9.17) is 5.73 Å². The topological polar surface area (TPSA) is 55.1 Å². The molecular weight excluding hydrogens is 188 g/mol. The Morgan fingerprint density at radius 2 is 1.87 bits per heavy atom. The Kier molecular flexibility index (Phi) is 4.58. The molecule has 0 atom stereocenters. The molecular formula is C12H24N2O. The van der Waals surface area contributed by atoms with E-state index in [1.807, 2.05) is 0 Å². The van der Waals surface area contributed by atoms with Gasteiger partial charge in [-0.1, -0.05) is 26.7 Å². The molecule has 1 rings (SSSR count). The fourth-order valence-electron chi connectivity index (χ4n) is 2.17. The lowest BCUT2D eigenvalue weighted by Crippen LogP contribution is -2.46. The standard InChI is InChI=1S/C12H24N2O/c1-3-7-12(9-13,8-4-2)11(15)14-10-5-6-10/h10H,3-9,13H2,1-2H3,(H,14,15). The van der Waals surface area contributed by atoms with E-state index in [1.54, 1.807) is 0 Å². The van der Waals surface area contributed by atoms with Crippen molar-refractivity contribution in [1.82, 2.24) is 5.32 Å². The molecule has 0 saturated heterocycles. The molecule has 1 fully saturated rings. The maximum Gasteiger partial charge on any atom is 0.227 e. The number of hydrogen-bond donors (Lipinski definition) is 2.